The van der Waals surface area contributed by atoms with E-state index in [2.05, 4.69) is 4.74 Å². The molecule has 0 saturated carbocycles. The van der Waals surface area contributed by atoms with E-state index in [1.165, 1.54) is 6.92 Å². The number of ether oxygens (including phenoxy) is 1. The van der Waals surface area contributed by atoms with Crippen molar-refractivity contribution in [1.82, 2.24) is 0 Å². The minimum Gasteiger partial charge on any atom is -0.463 e. The second-order valence-electron chi connectivity index (χ2n) is 2.32. The van der Waals surface area contributed by atoms with Crippen LogP contribution in [0.1, 0.15) is 6.92 Å². The zero-order valence-corrected chi connectivity index (χ0v) is 7.98. The minimum atomic E-state index is -3.59. The fourth-order valence-electron chi connectivity index (χ4n) is 0.639. The van der Waals surface area contributed by atoms with E-state index in [0.29, 0.717) is 0 Å². The molecule has 0 aromatic carbocycles. The summed E-state index contributed by atoms with van der Waals surface area (Å²) in [7, 11) is 0. The van der Waals surface area contributed by atoms with Crippen molar-refractivity contribution in [2.75, 3.05) is 12.5 Å². The average Bonchev–Trinajstić information content (AvgIpc) is 2.15. The zero-order chi connectivity index (χ0) is 11.4. The number of rotatable bonds is 5. The van der Waals surface area contributed by atoms with E-state index >= 15 is 0 Å². The quantitative estimate of drug-likeness (QED) is 0.408. The molecule has 82 valence electrons. The van der Waals surface area contributed by atoms with Gasteiger partial charge in [0, 0.05) is 0 Å². The predicted octanol–water partition coefficient (Wildman–Crippen LogP) is 1.33. The number of Topliss-reactive ketones (excluding diaryl/α,β-unsaturated/α-hetero) is 1. The molecule has 0 aliphatic carbocycles. The topological polar surface area (TPSA) is 43.4 Å². The van der Waals surface area contributed by atoms with Crippen LogP contribution in [-0.4, -0.2) is 36.3 Å². The normalized spacial score (nSPS) is 15.0. The molecule has 0 aromatic rings. The molecule has 0 saturated heterocycles. The molecule has 0 N–H and O–H groups in total. The van der Waals surface area contributed by atoms with Crippen LogP contribution in [0.2, 0.25) is 0 Å². The van der Waals surface area contributed by atoms with Gasteiger partial charge >= 0.3 is 5.97 Å². The van der Waals surface area contributed by atoms with Gasteiger partial charge in [-0.3, -0.25) is 4.79 Å². The van der Waals surface area contributed by atoms with Crippen LogP contribution in [0.5, 0.6) is 0 Å². The van der Waals surface area contributed by atoms with Crippen molar-refractivity contribution in [1.29, 1.82) is 0 Å². The van der Waals surface area contributed by atoms with Crippen LogP contribution in [0.25, 0.3) is 0 Å². The summed E-state index contributed by atoms with van der Waals surface area (Å²) in [6.45, 7) is 1.12. The summed E-state index contributed by atoms with van der Waals surface area (Å²) < 4.78 is 41.1. The van der Waals surface area contributed by atoms with Crippen molar-refractivity contribution in [2.45, 2.75) is 19.0 Å². The van der Waals surface area contributed by atoms with E-state index in [-0.39, 0.29) is 6.61 Å². The lowest BCUT2D eigenvalue weighted by Gasteiger charge is -2.18. The molecule has 0 spiro atoms. The van der Waals surface area contributed by atoms with Crippen LogP contribution in [0, 0.1) is 0 Å². The van der Waals surface area contributed by atoms with Crippen LogP contribution >= 0.6 is 11.6 Å². The third-order valence-electron chi connectivity index (χ3n) is 1.37. The maximum atomic E-state index is 13.3. The van der Waals surface area contributed by atoms with Crippen LogP contribution in [0.4, 0.5) is 13.2 Å². The third kappa shape index (κ3) is 2.60. The Kier molecular flexibility index (Phi) is 4.90. The van der Waals surface area contributed by atoms with Gasteiger partial charge in [0.15, 0.2) is 0 Å². The molecule has 0 bridgehead atoms. The van der Waals surface area contributed by atoms with E-state index in [1.807, 2.05) is 0 Å². The number of esters is 1. The van der Waals surface area contributed by atoms with Crippen molar-refractivity contribution >= 4 is 23.4 Å². The van der Waals surface area contributed by atoms with Crippen LogP contribution in [0.3, 0.4) is 0 Å². The first-order chi connectivity index (χ1) is 6.40. The minimum absolute atomic E-state index is 0.224. The van der Waals surface area contributed by atoms with Crippen molar-refractivity contribution in [3.05, 3.63) is 0 Å². The Bertz CT molecular complexity index is 234. The number of hydrogen-bond donors (Lipinski definition) is 0. The van der Waals surface area contributed by atoms with E-state index in [0.717, 1.165) is 0 Å². The zero-order valence-electron chi connectivity index (χ0n) is 7.23. The van der Waals surface area contributed by atoms with E-state index in [1.54, 1.807) is 0 Å². The van der Waals surface area contributed by atoms with Crippen LogP contribution in [0.15, 0.2) is 0 Å². The van der Waals surface area contributed by atoms with Crippen molar-refractivity contribution in [3.63, 3.8) is 0 Å². The summed E-state index contributed by atoms with van der Waals surface area (Å²) in [6.07, 6.45) is -3.59. The average molecular weight is 233 g/mol. The first-order valence-corrected chi connectivity index (χ1v) is 4.18. The van der Waals surface area contributed by atoms with Gasteiger partial charge in [0.25, 0.3) is 12.1 Å². The second kappa shape index (κ2) is 5.19. The smallest absolute Gasteiger partial charge is 0.353 e. The Labute approximate surface area is 83.2 Å². The number of hydrogen-bond acceptors (Lipinski definition) is 3. The Morgan fingerprint density at radius 2 is 2.00 bits per heavy atom. The maximum absolute atomic E-state index is 13.3. The molecular weight excluding hydrogens is 225 g/mol. The van der Waals surface area contributed by atoms with Gasteiger partial charge in [-0.2, -0.15) is 0 Å². The highest BCUT2D eigenvalue weighted by molar-refractivity contribution is 6.25. The molecule has 0 aromatic heterocycles. The van der Waals surface area contributed by atoms with Crippen LogP contribution in [-0.2, 0) is 14.3 Å². The summed E-state index contributed by atoms with van der Waals surface area (Å²) in [4.78, 5) is 21.4. The standard InChI is InChI=1S/C7H8ClF3O3/c1-2-14-6(13)7(11,3-8)4(12)5(9)10/h5H,2-3H2,1H3. The fraction of sp³-hybridized carbons (Fsp3) is 0.714. The SMILES string of the molecule is CCOC(=O)C(F)(CCl)C(=O)C(F)F. The Morgan fingerprint density at radius 1 is 1.50 bits per heavy atom. The summed E-state index contributed by atoms with van der Waals surface area (Å²) in [6, 6.07) is 0. The number of ketones is 1. The number of carbonyl (C=O) groups is 2. The maximum Gasteiger partial charge on any atom is 0.353 e. The summed E-state index contributed by atoms with van der Waals surface area (Å²) >= 11 is 4.95. The van der Waals surface area contributed by atoms with Gasteiger partial charge in [-0.05, 0) is 6.92 Å². The van der Waals surface area contributed by atoms with Crippen molar-refractivity contribution in [2.24, 2.45) is 0 Å². The van der Waals surface area contributed by atoms with Gasteiger partial charge in [0.1, 0.15) is 0 Å². The highest BCUT2D eigenvalue weighted by Gasteiger charge is 2.51. The molecule has 0 aliphatic heterocycles. The molecule has 0 heterocycles. The molecule has 7 heteroatoms. The highest BCUT2D eigenvalue weighted by Crippen LogP contribution is 2.21. The Balaban J connectivity index is 4.79. The Hall–Kier alpha value is -0.780. The molecule has 3 nitrogen and oxygen atoms in total. The first-order valence-electron chi connectivity index (χ1n) is 3.64. The number of alkyl halides is 4. The van der Waals surface area contributed by atoms with E-state index in [4.69, 9.17) is 11.6 Å². The van der Waals surface area contributed by atoms with Gasteiger partial charge < -0.3 is 4.74 Å². The predicted molar refractivity (Wildman–Crippen MR) is 42.2 cm³/mol. The first kappa shape index (κ1) is 13.2. The van der Waals surface area contributed by atoms with Gasteiger partial charge in [-0.25, -0.2) is 18.0 Å². The molecular formula is C7H8ClF3O3. The van der Waals surface area contributed by atoms with Gasteiger partial charge in [-0.15, -0.1) is 11.6 Å². The Morgan fingerprint density at radius 3 is 2.29 bits per heavy atom. The molecule has 1 unspecified atom stereocenters. The van der Waals surface area contributed by atoms with E-state index in [9.17, 15) is 22.8 Å². The monoisotopic (exact) mass is 232 g/mol. The van der Waals surface area contributed by atoms with Crippen molar-refractivity contribution in [3.8, 4) is 0 Å². The lowest BCUT2D eigenvalue weighted by atomic mass is 10.0. The van der Waals surface area contributed by atoms with Gasteiger partial charge in [0.2, 0.25) is 5.78 Å². The number of halogens is 4. The van der Waals surface area contributed by atoms with Gasteiger partial charge in [0.05, 0.1) is 12.5 Å². The number of carbonyl (C=O) groups excluding carboxylic acids is 2. The second-order valence-corrected chi connectivity index (χ2v) is 2.59. The molecule has 0 rings (SSSR count). The summed E-state index contributed by atoms with van der Waals surface area (Å²) in [5.74, 6) is -5.04. The molecule has 14 heavy (non-hydrogen) atoms. The fourth-order valence-corrected chi connectivity index (χ4v) is 0.880. The molecule has 0 fully saturated rings. The lowest BCUT2D eigenvalue weighted by Crippen LogP contribution is -2.48. The third-order valence-corrected chi connectivity index (χ3v) is 1.74. The van der Waals surface area contributed by atoms with Crippen molar-refractivity contribution < 1.29 is 27.5 Å². The largest absolute Gasteiger partial charge is 0.463 e. The summed E-state index contributed by atoms with van der Waals surface area (Å²) in [5.41, 5.74) is -3.45. The molecule has 0 radical (unpaired) electrons. The van der Waals surface area contributed by atoms with E-state index < -0.39 is 29.7 Å². The highest BCUT2D eigenvalue weighted by atomic mass is 35.5. The van der Waals surface area contributed by atoms with Gasteiger partial charge in [-0.1, -0.05) is 0 Å². The summed E-state index contributed by atoms with van der Waals surface area (Å²) in [5, 5.41) is 0. The molecule has 0 aliphatic rings. The molecule has 0 amide bonds. The van der Waals surface area contributed by atoms with Crippen LogP contribution < -0.4 is 0 Å². The molecule has 1 atom stereocenters. The lowest BCUT2D eigenvalue weighted by molar-refractivity contribution is -0.164.